The maximum atomic E-state index is 12.7. The second-order valence-electron chi connectivity index (χ2n) is 6.54. The second-order valence-corrected chi connectivity index (χ2v) is 7.86. The molecule has 0 aliphatic carbocycles. The van der Waals surface area contributed by atoms with E-state index in [4.69, 9.17) is 0 Å². The molecule has 1 aliphatic heterocycles. The molecule has 0 bridgehead atoms. The average molecular weight is 309 g/mol. The van der Waals surface area contributed by atoms with E-state index in [-0.39, 0.29) is 18.1 Å². The Kier molecular flexibility index (Phi) is 5.07. The predicted octanol–water partition coefficient (Wildman–Crippen LogP) is 2.46. The lowest BCUT2D eigenvalue weighted by Crippen LogP contribution is -2.42. The van der Waals surface area contributed by atoms with Gasteiger partial charge in [-0.25, -0.2) is 0 Å². The van der Waals surface area contributed by atoms with E-state index in [0.29, 0.717) is 12.0 Å². The molecule has 3 atom stereocenters. The first kappa shape index (κ1) is 16.5. The zero-order chi connectivity index (χ0) is 15.7. The summed E-state index contributed by atoms with van der Waals surface area (Å²) in [4.78, 5) is 19.4. The fourth-order valence-electron chi connectivity index (χ4n) is 2.59. The van der Waals surface area contributed by atoms with E-state index in [1.165, 1.54) is 9.75 Å². The number of likely N-dealkylation sites (N-methyl/N-ethyl adjacent to an activating group) is 1. The minimum Gasteiger partial charge on any atom is -0.319 e. The van der Waals surface area contributed by atoms with E-state index < -0.39 is 0 Å². The number of carbonyl (C=O) groups excluding carboxylic acids is 1. The minimum absolute atomic E-state index is 0.0194. The Balaban J connectivity index is 2.25. The molecule has 4 nitrogen and oxygen atoms in total. The summed E-state index contributed by atoms with van der Waals surface area (Å²) in [6.45, 7) is 9.23. The smallest absolute Gasteiger partial charge is 0.241 e. The Bertz CT molecular complexity index is 497. The van der Waals surface area contributed by atoms with Crippen molar-refractivity contribution in [2.24, 2.45) is 5.92 Å². The van der Waals surface area contributed by atoms with Gasteiger partial charge >= 0.3 is 0 Å². The molecule has 2 heterocycles. The van der Waals surface area contributed by atoms with Crippen LogP contribution < -0.4 is 5.32 Å². The van der Waals surface area contributed by atoms with Crippen LogP contribution in [0, 0.1) is 12.8 Å². The molecule has 0 aromatic carbocycles. The van der Waals surface area contributed by atoms with Gasteiger partial charge in [0.2, 0.25) is 5.91 Å². The van der Waals surface area contributed by atoms with E-state index in [1.807, 2.05) is 4.90 Å². The minimum atomic E-state index is -0.0771. The van der Waals surface area contributed by atoms with Crippen molar-refractivity contribution < 1.29 is 4.79 Å². The fourth-order valence-corrected chi connectivity index (χ4v) is 3.55. The summed E-state index contributed by atoms with van der Waals surface area (Å²) in [5.41, 5.74) is 0. The normalized spacial score (nSPS) is 24.4. The highest BCUT2D eigenvalue weighted by atomic mass is 32.1. The topological polar surface area (TPSA) is 35.6 Å². The molecule has 1 N–H and O–H groups in total. The number of rotatable bonds is 5. The zero-order valence-electron chi connectivity index (χ0n) is 13.9. The number of carbonyl (C=O) groups is 1. The van der Waals surface area contributed by atoms with E-state index >= 15 is 0 Å². The molecular weight excluding hydrogens is 282 g/mol. The number of aryl methyl sites for hydroxylation is 1. The van der Waals surface area contributed by atoms with Crippen LogP contribution in [-0.2, 0) is 4.79 Å². The first-order valence-corrected chi connectivity index (χ1v) is 8.42. The highest BCUT2D eigenvalue weighted by molar-refractivity contribution is 7.12. The van der Waals surface area contributed by atoms with Crippen molar-refractivity contribution in [1.82, 2.24) is 15.1 Å². The van der Waals surface area contributed by atoms with Crippen LogP contribution in [0.15, 0.2) is 12.1 Å². The van der Waals surface area contributed by atoms with Gasteiger partial charge in [-0.15, -0.1) is 11.3 Å². The van der Waals surface area contributed by atoms with Gasteiger partial charge < -0.3 is 9.80 Å². The van der Waals surface area contributed by atoms with E-state index in [1.54, 1.807) is 11.3 Å². The van der Waals surface area contributed by atoms with E-state index in [9.17, 15) is 4.79 Å². The first-order chi connectivity index (χ1) is 9.81. The molecule has 118 valence electrons. The number of nitrogens with zero attached hydrogens (tertiary/aromatic N) is 2. The van der Waals surface area contributed by atoms with Crippen molar-refractivity contribution in [2.45, 2.75) is 45.9 Å². The van der Waals surface area contributed by atoms with Gasteiger partial charge in [0, 0.05) is 22.3 Å². The Morgan fingerprint density at radius 2 is 2.00 bits per heavy atom. The summed E-state index contributed by atoms with van der Waals surface area (Å²) in [6, 6.07) is 4.53. The van der Waals surface area contributed by atoms with Crippen molar-refractivity contribution in [3.63, 3.8) is 0 Å². The Labute approximate surface area is 132 Å². The molecule has 3 unspecified atom stereocenters. The molecule has 0 saturated carbocycles. The van der Waals surface area contributed by atoms with Gasteiger partial charge in [0.15, 0.2) is 0 Å². The van der Waals surface area contributed by atoms with Crippen LogP contribution >= 0.6 is 11.3 Å². The van der Waals surface area contributed by atoms with Crippen LogP contribution in [0.2, 0.25) is 0 Å². The third-order valence-corrected chi connectivity index (χ3v) is 5.29. The van der Waals surface area contributed by atoms with E-state index in [0.717, 1.165) is 6.54 Å². The van der Waals surface area contributed by atoms with Gasteiger partial charge in [-0.05, 0) is 46.0 Å². The summed E-state index contributed by atoms with van der Waals surface area (Å²) in [5, 5.41) is 3.53. The molecular formula is C16H27N3OS. The Hall–Kier alpha value is -0.910. The average Bonchev–Trinajstić information content (AvgIpc) is 2.95. The zero-order valence-corrected chi connectivity index (χ0v) is 14.7. The van der Waals surface area contributed by atoms with Gasteiger partial charge in [-0.3, -0.25) is 10.1 Å². The lowest BCUT2D eigenvalue weighted by molar-refractivity contribution is -0.131. The largest absolute Gasteiger partial charge is 0.319 e. The predicted molar refractivity (Wildman–Crippen MR) is 88.4 cm³/mol. The summed E-state index contributed by atoms with van der Waals surface area (Å²) in [5.74, 6) is 0.537. The highest BCUT2D eigenvalue weighted by Gasteiger charge is 2.41. The second kappa shape index (κ2) is 6.46. The Morgan fingerprint density at radius 3 is 2.48 bits per heavy atom. The molecule has 1 aromatic rings. The molecule has 1 aliphatic rings. The lowest BCUT2D eigenvalue weighted by Gasteiger charge is -2.29. The monoisotopic (exact) mass is 309 g/mol. The standard InChI is InChI=1S/C16H27N3OS/c1-10(2)14-16(20)19(9-11(3)18(5)6)15(17-14)13-8-7-12(4)21-13/h7-8,10-11,14-15,17H,9H2,1-6H3. The van der Waals surface area contributed by atoms with Crippen molar-refractivity contribution in [2.75, 3.05) is 20.6 Å². The molecule has 1 aromatic heterocycles. The van der Waals surface area contributed by atoms with E-state index in [2.05, 4.69) is 64.1 Å². The van der Waals surface area contributed by atoms with Crippen molar-refractivity contribution in [3.8, 4) is 0 Å². The van der Waals surface area contributed by atoms with Gasteiger partial charge in [0.25, 0.3) is 0 Å². The molecule has 1 amide bonds. The van der Waals surface area contributed by atoms with Crippen LogP contribution in [0.3, 0.4) is 0 Å². The lowest BCUT2D eigenvalue weighted by atomic mass is 10.0. The quantitative estimate of drug-likeness (QED) is 0.907. The number of hydrogen-bond donors (Lipinski definition) is 1. The summed E-state index contributed by atoms with van der Waals surface area (Å²) in [6.07, 6.45) is 0.0194. The molecule has 0 radical (unpaired) electrons. The number of hydrogen-bond acceptors (Lipinski definition) is 4. The molecule has 5 heteroatoms. The number of thiophene rings is 1. The van der Waals surface area contributed by atoms with Crippen LogP contribution in [0.25, 0.3) is 0 Å². The summed E-state index contributed by atoms with van der Waals surface area (Å²) < 4.78 is 0. The van der Waals surface area contributed by atoms with Crippen molar-refractivity contribution in [1.29, 1.82) is 0 Å². The van der Waals surface area contributed by atoms with Crippen molar-refractivity contribution >= 4 is 17.2 Å². The fraction of sp³-hybridized carbons (Fsp3) is 0.688. The SMILES string of the molecule is Cc1ccc(C2NC(C(C)C)C(=O)N2CC(C)N(C)C)s1. The summed E-state index contributed by atoms with van der Waals surface area (Å²) in [7, 11) is 4.12. The third kappa shape index (κ3) is 3.47. The van der Waals surface area contributed by atoms with Crippen LogP contribution in [0.5, 0.6) is 0 Å². The number of amides is 1. The first-order valence-electron chi connectivity index (χ1n) is 7.60. The molecule has 1 fully saturated rings. The van der Waals surface area contributed by atoms with Gasteiger partial charge in [0.05, 0.1) is 6.04 Å². The molecule has 0 spiro atoms. The van der Waals surface area contributed by atoms with Crippen LogP contribution in [-0.4, -0.2) is 48.4 Å². The Morgan fingerprint density at radius 1 is 1.33 bits per heavy atom. The van der Waals surface area contributed by atoms with Gasteiger partial charge in [0.1, 0.15) is 6.17 Å². The molecule has 1 saturated heterocycles. The highest BCUT2D eigenvalue weighted by Crippen LogP contribution is 2.32. The van der Waals surface area contributed by atoms with Crippen molar-refractivity contribution in [3.05, 3.63) is 21.9 Å². The third-order valence-electron chi connectivity index (χ3n) is 4.24. The van der Waals surface area contributed by atoms with Gasteiger partial charge in [-0.2, -0.15) is 0 Å². The number of nitrogens with one attached hydrogen (secondary N) is 1. The van der Waals surface area contributed by atoms with Gasteiger partial charge in [-0.1, -0.05) is 13.8 Å². The maximum absolute atomic E-state index is 12.7. The molecule has 2 rings (SSSR count). The molecule has 21 heavy (non-hydrogen) atoms. The maximum Gasteiger partial charge on any atom is 0.241 e. The van der Waals surface area contributed by atoms with Crippen LogP contribution in [0.4, 0.5) is 0 Å². The van der Waals surface area contributed by atoms with Crippen LogP contribution in [0.1, 0.15) is 36.7 Å². The summed E-state index contributed by atoms with van der Waals surface area (Å²) >= 11 is 1.77.